The van der Waals surface area contributed by atoms with Crippen LogP contribution in [0.2, 0.25) is 0 Å². The van der Waals surface area contributed by atoms with Crippen LogP contribution in [0.3, 0.4) is 0 Å². The number of hydrogen-bond donors (Lipinski definition) is 2. The van der Waals surface area contributed by atoms with E-state index in [4.69, 9.17) is 0 Å². The predicted molar refractivity (Wildman–Crippen MR) is 83.2 cm³/mol. The number of thiophene rings is 1. The highest BCUT2D eigenvalue weighted by atomic mass is 35.5. The monoisotopic (exact) mass is 351 g/mol. The molecule has 0 saturated carbocycles. The Hall–Kier alpha value is -0.670. The molecule has 1 aromatic heterocycles. The number of carbonyl (C=O) groups is 1. The topological polar surface area (TPSA) is 78.5 Å². The number of sulfonamides is 1. The maximum Gasteiger partial charge on any atom is 0.250 e. The van der Waals surface area contributed by atoms with Crippen molar-refractivity contribution >= 4 is 39.7 Å². The molecule has 3 rings (SSSR count). The van der Waals surface area contributed by atoms with E-state index < -0.39 is 10.0 Å². The molecular weight excluding hydrogens is 334 g/mol. The summed E-state index contributed by atoms with van der Waals surface area (Å²) in [5, 5.41) is 5.01. The second-order valence-corrected chi connectivity index (χ2v) is 8.18. The van der Waals surface area contributed by atoms with Gasteiger partial charge in [-0.3, -0.25) is 4.79 Å². The van der Waals surface area contributed by atoms with E-state index in [1.165, 1.54) is 6.07 Å². The van der Waals surface area contributed by atoms with Crippen molar-refractivity contribution in [3.8, 4) is 0 Å². The molecule has 9 heteroatoms. The lowest BCUT2D eigenvalue weighted by molar-refractivity contribution is -0.129. The van der Waals surface area contributed by atoms with Gasteiger partial charge in [-0.25, -0.2) is 13.1 Å². The molecule has 1 amide bonds. The van der Waals surface area contributed by atoms with Crippen molar-refractivity contribution in [2.45, 2.75) is 4.21 Å². The lowest BCUT2D eigenvalue weighted by Gasteiger charge is -2.17. The van der Waals surface area contributed by atoms with Gasteiger partial charge in [-0.1, -0.05) is 6.07 Å². The number of likely N-dealkylation sites (tertiary alicyclic amines) is 1. The molecule has 3 heterocycles. The average Bonchev–Trinajstić information content (AvgIpc) is 3.10. The Morgan fingerprint density at radius 2 is 2.05 bits per heavy atom. The Morgan fingerprint density at radius 1 is 1.38 bits per heavy atom. The summed E-state index contributed by atoms with van der Waals surface area (Å²) in [6.45, 7) is 3.21. The molecule has 6 nitrogen and oxygen atoms in total. The third-order valence-corrected chi connectivity index (χ3v) is 6.71. The fraction of sp³-hybridized carbons (Fsp3) is 0.583. The fourth-order valence-electron chi connectivity index (χ4n) is 2.82. The highest BCUT2D eigenvalue weighted by molar-refractivity contribution is 7.91. The Labute approximate surface area is 134 Å². The van der Waals surface area contributed by atoms with Gasteiger partial charge < -0.3 is 10.2 Å². The molecule has 1 aromatic rings. The van der Waals surface area contributed by atoms with Crippen LogP contribution in [-0.2, 0) is 14.8 Å². The van der Waals surface area contributed by atoms with Gasteiger partial charge in [-0.15, -0.1) is 23.7 Å². The molecule has 21 heavy (non-hydrogen) atoms. The number of amides is 1. The van der Waals surface area contributed by atoms with E-state index >= 15 is 0 Å². The maximum absolute atomic E-state index is 12.1. The summed E-state index contributed by atoms with van der Waals surface area (Å²) < 4.78 is 26.5. The van der Waals surface area contributed by atoms with Crippen LogP contribution < -0.4 is 10.0 Å². The lowest BCUT2D eigenvalue weighted by Crippen LogP contribution is -2.40. The van der Waals surface area contributed by atoms with Gasteiger partial charge in [-0.05, 0) is 23.3 Å². The Morgan fingerprint density at radius 3 is 2.62 bits per heavy atom. The summed E-state index contributed by atoms with van der Waals surface area (Å²) in [6.07, 6.45) is 0. The summed E-state index contributed by atoms with van der Waals surface area (Å²) in [6, 6.07) is 3.21. The van der Waals surface area contributed by atoms with E-state index in [1.807, 2.05) is 0 Å². The Kier molecular flexibility index (Phi) is 5.26. The fourth-order valence-corrected chi connectivity index (χ4v) is 4.83. The zero-order valence-corrected chi connectivity index (χ0v) is 13.8. The maximum atomic E-state index is 12.1. The van der Waals surface area contributed by atoms with Gasteiger partial charge in [0.15, 0.2) is 0 Å². The van der Waals surface area contributed by atoms with Crippen LogP contribution >= 0.6 is 23.7 Å². The van der Waals surface area contributed by atoms with Crippen molar-refractivity contribution in [1.29, 1.82) is 0 Å². The first kappa shape index (κ1) is 16.7. The summed E-state index contributed by atoms with van der Waals surface area (Å²) in [5.74, 6) is 0.903. The average molecular weight is 352 g/mol. The third-order valence-electron chi connectivity index (χ3n) is 3.92. The molecule has 2 atom stereocenters. The minimum Gasteiger partial charge on any atom is -0.341 e. The summed E-state index contributed by atoms with van der Waals surface area (Å²) in [5.41, 5.74) is 0. The van der Waals surface area contributed by atoms with Crippen molar-refractivity contribution in [1.82, 2.24) is 14.9 Å². The van der Waals surface area contributed by atoms with Crippen LogP contribution in [0.5, 0.6) is 0 Å². The van der Waals surface area contributed by atoms with Crippen molar-refractivity contribution < 1.29 is 13.2 Å². The van der Waals surface area contributed by atoms with Crippen molar-refractivity contribution in [3.05, 3.63) is 17.5 Å². The van der Waals surface area contributed by atoms with Crippen LogP contribution in [0.4, 0.5) is 0 Å². The molecule has 2 aliphatic rings. The van der Waals surface area contributed by atoms with E-state index in [0.717, 1.165) is 37.5 Å². The number of fused-ring (bicyclic) bond motifs is 1. The molecular formula is C12H18ClN3O3S2. The minimum atomic E-state index is -3.55. The second-order valence-electron chi connectivity index (χ2n) is 5.23. The number of halogens is 1. The Balaban J connectivity index is 0.00000161. The lowest BCUT2D eigenvalue weighted by atomic mass is 10.0. The summed E-state index contributed by atoms with van der Waals surface area (Å²) in [7, 11) is -3.55. The molecule has 0 spiro atoms. The normalized spacial score (nSPS) is 24.7. The number of nitrogens with one attached hydrogen (secondary N) is 2. The van der Waals surface area contributed by atoms with Gasteiger partial charge >= 0.3 is 0 Å². The standard InChI is InChI=1S/C12H17N3O3S2.ClH/c16-11(15-7-9-4-13-5-10(9)8-15)6-14-20(17,18)12-2-1-3-19-12;/h1-3,9-10,13-14H,4-8H2;1H/t9-,10+;. The van der Waals surface area contributed by atoms with E-state index in [9.17, 15) is 13.2 Å². The van der Waals surface area contributed by atoms with Crippen LogP contribution in [-0.4, -0.2) is 51.9 Å². The van der Waals surface area contributed by atoms with Crippen molar-refractivity contribution in [2.24, 2.45) is 11.8 Å². The molecule has 2 aliphatic heterocycles. The smallest absolute Gasteiger partial charge is 0.250 e. The number of rotatable bonds is 4. The molecule has 0 bridgehead atoms. The van der Waals surface area contributed by atoms with Gasteiger partial charge in [0, 0.05) is 26.2 Å². The van der Waals surface area contributed by atoms with Crippen molar-refractivity contribution in [3.63, 3.8) is 0 Å². The Bertz CT molecular complexity index is 579. The van der Waals surface area contributed by atoms with E-state index in [1.54, 1.807) is 16.3 Å². The molecule has 0 aliphatic carbocycles. The molecule has 2 N–H and O–H groups in total. The minimum absolute atomic E-state index is 0. The van der Waals surface area contributed by atoms with Gasteiger partial charge in [-0.2, -0.15) is 0 Å². The first-order valence-electron chi connectivity index (χ1n) is 6.58. The van der Waals surface area contributed by atoms with Gasteiger partial charge in [0.2, 0.25) is 5.91 Å². The molecule has 2 saturated heterocycles. The SMILES string of the molecule is Cl.O=C(CNS(=O)(=O)c1cccs1)N1C[C@H]2CNC[C@H]2C1. The van der Waals surface area contributed by atoms with Crippen LogP contribution in [0.15, 0.2) is 21.7 Å². The highest BCUT2D eigenvalue weighted by Gasteiger charge is 2.38. The van der Waals surface area contributed by atoms with Gasteiger partial charge in [0.05, 0.1) is 6.54 Å². The first-order valence-corrected chi connectivity index (χ1v) is 8.94. The van der Waals surface area contributed by atoms with E-state index in [0.29, 0.717) is 11.8 Å². The number of carbonyl (C=O) groups excluding carboxylic acids is 1. The van der Waals surface area contributed by atoms with Crippen LogP contribution in [0.1, 0.15) is 0 Å². The first-order chi connectivity index (χ1) is 9.56. The largest absolute Gasteiger partial charge is 0.341 e. The zero-order valence-electron chi connectivity index (χ0n) is 11.3. The number of hydrogen-bond acceptors (Lipinski definition) is 5. The van der Waals surface area contributed by atoms with Crippen molar-refractivity contribution in [2.75, 3.05) is 32.7 Å². The molecule has 0 aromatic carbocycles. The predicted octanol–water partition coefficient (Wildman–Crippen LogP) is 0.126. The van der Waals surface area contributed by atoms with E-state index in [-0.39, 0.29) is 29.1 Å². The number of nitrogens with zero attached hydrogens (tertiary/aromatic N) is 1. The second kappa shape index (κ2) is 6.62. The third kappa shape index (κ3) is 3.57. The molecule has 0 unspecified atom stereocenters. The van der Waals surface area contributed by atoms with Crippen LogP contribution in [0, 0.1) is 11.8 Å². The van der Waals surface area contributed by atoms with Crippen LogP contribution in [0.25, 0.3) is 0 Å². The van der Waals surface area contributed by atoms with Gasteiger partial charge in [0.25, 0.3) is 10.0 Å². The molecule has 118 valence electrons. The van der Waals surface area contributed by atoms with Gasteiger partial charge in [0.1, 0.15) is 4.21 Å². The quantitative estimate of drug-likeness (QED) is 0.808. The van der Waals surface area contributed by atoms with E-state index in [2.05, 4.69) is 10.0 Å². The zero-order chi connectivity index (χ0) is 14.2. The molecule has 0 radical (unpaired) electrons. The highest BCUT2D eigenvalue weighted by Crippen LogP contribution is 2.26. The summed E-state index contributed by atoms with van der Waals surface area (Å²) in [4.78, 5) is 13.8. The molecule has 2 fully saturated rings. The summed E-state index contributed by atoms with van der Waals surface area (Å²) >= 11 is 1.14.